The molecule has 0 heterocycles. The van der Waals surface area contributed by atoms with E-state index < -0.39 is 65.1 Å². The lowest BCUT2D eigenvalue weighted by atomic mass is 9.61. The van der Waals surface area contributed by atoms with Crippen molar-refractivity contribution in [2.75, 3.05) is 13.1 Å². The molecule has 29 heavy (non-hydrogen) atoms. The summed E-state index contributed by atoms with van der Waals surface area (Å²) in [5, 5.41) is 0. The van der Waals surface area contributed by atoms with Crippen LogP contribution in [0.3, 0.4) is 0 Å². The SMILES string of the molecule is CCCN(CCC)C(=O)C1(C(F)(F)F)C(F)(F)C(F)(F)C(F)(F)C(F)(F)C1(F)F. The Morgan fingerprint density at radius 2 is 0.931 bits per heavy atom. The van der Waals surface area contributed by atoms with Gasteiger partial charge in [-0.15, -0.1) is 0 Å². The van der Waals surface area contributed by atoms with Crippen LogP contribution in [0.15, 0.2) is 0 Å². The van der Waals surface area contributed by atoms with E-state index in [0.29, 0.717) is 0 Å². The van der Waals surface area contributed by atoms with Crippen LogP contribution in [-0.4, -0.2) is 59.7 Å². The monoisotopic (exact) mass is 459 g/mol. The Labute approximate surface area is 155 Å². The standard InChI is InChI=1S/C14H14F13NO/c1-3-5-28(6-4-2)7(29)8(14(25,26)27)9(15,16)11(19,20)13(23,24)12(21,22)10(8,17)18/h3-6H2,1-2H3. The molecular formula is C14H14F13NO. The van der Waals surface area contributed by atoms with Crippen LogP contribution >= 0.6 is 0 Å². The third kappa shape index (κ3) is 2.66. The zero-order valence-corrected chi connectivity index (χ0v) is 14.6. The number of hydrogen-bond donors (Lipinski definition) is 0. The zero-order valence-electron chi connectivity index (χ0n) is 14.6. The Bertz CT molecular complexity index is 604. The molecule has 0 radical (unpaired) electrons. The average molecular weight is 459 g/mol. The number of carbonyl (C=O) groups is 1. The number of alkyl halides is 13. The number of carbonyl (C=O) groups excluding carboxylic acids is 1. The Morgan fingerprint density at radius 1 is 0.655 bits per heavy atom. The first-order valence-corrected chi connectivity index (χ1v) is 7.93. The molecule has 0 atom stereocenters. The lowest BCUT2D eigenvalue weighted by Crippen LogP contribution is -2.87. The molecule has 1 aliphatic carbocycles. The van der Waals surface area contributed by atoms with Crippen LogP contribution in [0.25, 0.3) is 0 Å². The predicted octanol–water partition coefficient (Wildman–Crippen LogP) is 5.37. The van der Waals surface area contributed by atoms with Crippen molar-refractivity contribution >= 4 is 5.91 Å². The molecule has 0 unspecified atom stereocenters. The fraction of sp³-hybridized carbons (Fsp3) is 0.929. The van der Waals surface area contributed by atoms with Crippen molar-refractivity contribution in [1.29, 1.82) is 0 Å². The van der Waals surface area contributed by atoms with Crippen LogP contribution in [0.4, 0.5) is 57.1 Å². The van der Waals surface area contributed by atoms with Gasteiger partial charge < -0.3 is 4.90 Å². The van der Waals surface area contributed by atoms with Crippen molar-refractivity contribution in [3.8, 4) is 0 Å². The maximum absolute atomic E-state index is 14.2. The summed E-state index contributed by atoms with van der Waals surface area (Å²) in [5.74, 6) is -41.7. The van der Waals surface area contributed by atoms with Gasteiger partial charge in [0, 0.05) is 13.1 Å². The Hall–Kier alpha value is -1.44. The summed E-state index contributed by atoms with van der Waals surface area (Å²) >= 11 is 0. The van der Waals surface area contributed by atoms with E-state index in [-0.39, 0.29) is 12.8 Å². The van der Waals surface area contributed by atoms with E-state index in [1.165, 1.54) is 0 Å². The first kappa shape index (κ1) is 25.6. The van der Waals surface area contributed by atoms with E-state index in [4.69, 9.17) is 0 Å². The first-order chi connectivity index (χ1) is 12.7. The highest BCUT2D eigenvalue weighted by Gasteiger charge is 3.06. The summed E-state index contributed by atoms with van der Waals surface area (Å²) in [6.07, 6.45) is -8.22. The third-order valence-corrected chi connectivity index (χ3v) is 4.54. The molecule has 2 nitrogen and oxygen atoms in total. The van der Waals surface area contributed by atoms with Gasteiger partial charge in [-0.2, -0.15) is 57.1 Å². The van der Waals surface area contributed by atoms with Gasteiger partial charge in [0.2, 0.25) is 0 Å². The normalized spacial score (nSPS) is 26.0. The minimum Gasteiger partial charge on any atom is -0.342 e. The predicted molar refractivity (Wildman–Crippen MR) is 70.4 cm³/mol. The number of hydrogen-bond acceptors (Lipinski definition) is 1. The number of amides is 1. The molecule has 0 aromatic rings. The van der Waals surface area contributed by atoms with E-state index >= 15 is 0 Å². The first-order valence-electron chi connectivity index (χ1n) is 7.93. The molecule has 1 fully saturated rings. The molecule has 0 aromatic carbocycles. The molecule has 0 saturated heterocycles. The van der Waals surface area contributed by atoms with Crippen molar-refractivity contribution in [3.63, 3.8) is 0 Å². The van der Waals surface area contributed by atoms with Crippen molar-refractivity contribution in [2.24, 2.45) is 5.41 Å². The van der Waals surface area contributed by atoms with Crippen molar-refractivity contribution in [2.45, 2.75) is 62.5 Å². The van der Waals surface area contributed by atoms with E-state index in [1.807, 2.05) is 0 Å². The summed E-state index contributed by atoms with van der Waals surface area (Å²) in [5.41, 5.74) is -7.15. The van der Waals surface area contributed by atoms with Gasteiger partial charge in [-0.1, -0.05) is 13.8 Å². The molecule has 0 aliphatic heterocycles. The van der Waals surface area contributed by atoms with Gasteiger partial charge in [-0.05, 0) is 12.8 Å². The molecule has 0 N–H and O–H groups in total. The number of halogens is 13. The van der Waals surface area contributed by atoms with Gasteiger partial charge in [0.05, 0.1) is 0 Å². The van der Waals surface area contributed by atoms with Crippen LogP contribution < -0.4 is 0 Å². The summed E-state index contributed by atoms with van der Waals surface area (Å²) in [6.45, 7) is 0.240. The molecule has 172 valence electrons. The number of rotatable bonds is 5. The molecule has 0 bridgehead atoms. The summed E-state index contributed by atoms with van der Waals surface area (Å²) in [7, 11) is 0. The second kappa shape index (κ2) is 6.79. The van der Waals surface area contributed by atoms with Gasteiger partial charge in [0.15, 0.2) is 0 Å². The second-order valence-electron chi connectivity index (χ2n) is 6.41. The minimum atomic E-state index is -7.65. The second-order valence-corrected chi connectivity index (χ2v) is 6.41. The Balaban J connectivity index is 4.14. The number of nitrogens with zero attached hydrogens (tertiary/aromatic N) is 1. The van der Waals surface area contributed by atoms with Gasteiger partial charge in [0.25, 0.3) is 11.3 Å². The molecule has 0 aromatic heterocycles. The van der Waals surface area contributed by atoms with Gasteiger partial charge in [-0.25, -0.2) is 0 Å². The highest BCUT2D eigenvalue weighted by Crippen LogP contribution is 2.75. The van der Waals surface area contributed by atoms with Crippen LogP contribution in [0.1, 0.15) is 26.7 Å². The van der Waals surface area contributed by atoms with Gasteiger partial charge in [0.1, 0.15) is 0 Å². The highest BCUT2D eigenvalue weighted by molar-refractivity contribution is 5.87. The lowest BCUT2D eigenvalue weighted by molar-refractivity contribution is -0.509. The molecule has 1 rings (SSSR count). The quantitative estimate of drug-likeness (QED) is 0.507. The fourth-order valence-corrected chi connectivity index (χ4v) is 3.10. The van der Waals surface area contributed by atoms with E-state index in [9.17, 15) is 61.9 Å². The van der Waals surface area contributed by atoms with E-state index in [1.54, 1.807) is 0 Å². The average Bonchev–Trinajstić information content (AvgIpc) is 2.51. The minimum absolute atomic E-state index is 0.375. The van der Waals surface area contributed by atoms with E-state index in [2.05, 4.69) is 0 Å². The summed E-state index contributed by atoms with van der Waals surface area (Å²) in [6, 6.07) is 0. The summed E-state index contributed by atoms with van der Waals surface area (Å²) < 4.78 is 178. The lowest BCUT2D eigenvalue weighted by Gasteiger charge is -2.56. The van der Waals surface area contributed by atoms with Crippen molar-refractivity contribution in [1.82, 2.24) is 4.90 Å². The van der Waals surface area contributed by atoms with Gasteiger partial charge >= 0.3 is 35.8 Å². The smallest absolute Gasteiger partial charge is 0.342 e. The highest BCUT2D eigenvalue weighted by atomic mass is 19.4. The molecule has 1 aliphatic rings. The Morgan fingerprint density at radius 3 is 1.17 bits per heavy atom. The van der Waals surface area contributed by atoms with E-state index in [0.717, 1.165) is 13.8 Å². The topological polar surface area (TPSA) is 20.3 Å². The van der Waals surface area contributed by atoms with Gasteiger partial charge in [-0.3, -0.25) is 4.79 Å². The van der Waals surface area contributed by atoms with Crippen molar-refractivity contribution < 1.29 is 61.9 Å². The molecule has 0 spiro atoms. The molecule has 15 heteroatoms. The molecule has 1 amide bonds. The van der Waals surface area contributed by atoms with Crippen LogP contribution in [0, 0.1) is 5.41 Å². The van der Waals surface area contributed by atoms with Crippen LogP contribution in [0.2, 0.25) is 0 Å². The molecule has 1 saturated carbocycles. The third-order valence-electron chi connectivity index (χ3n) is 4.54. The maximum Gasteiger partial charge on any atom is 0.415 e. The van der Waals surface area contributed by atoms with Crippen molar-refractivity contribution in [3.05, 3.63) is 0 Å². The zero-order chi connectivity index (χ0) is 23.5. The maximum atomic E-state index is 14.2. The van der Waals surface area contributed by atoms with Crippen LogP contribution in [-0.2, 0) is 4.79 Å². The van der Waals surface area contributed by atoms with Crippen LogP contribution in [0.5, 0.6) is 0 Å². The largest absolute Gasteiger partial charge is 0.415 e. The Kier molecular flexibility index (Phi) is 5.99. The summed E-state index contributed by atoms with van der Waals surface area (Å²) in [4.78, 5) is 11.8. The fourth-order valence-electron chi connectivity index (χ4n) is 3.10. The molecular weight excluding hydrogens is 445 g/mol.